The lowest BCUT2D eigenvalue weighted by Crippen LogP contribution is -2.44. The molecule has 2 atom stereocenters. The number of nitriles is 1. The second kappa shape index (κ2) is 7.39. The smallest absolute Gasteiger partial charge is 0.414 e. The van der Waals surface area contributed by atoms with E-state index >= 15 is 0 Å². The number of hydrogen-bond donors (Lipinski definition) is 2. The lowest BCUT2D eigenvalue weighted by molar-refractivity contribution is 0.0877. The first-order valence-corrected chi connectivity index (χ1v) is 8.22. The third kappa shape index (κ3) is 3.56. The lowest BCUT2D eigenvalue weighted by atomic mass is 10.1. The molecule has 27 heavy (non-hydrogen) atoms. The Morgan fingerprint density at radius 1 is 1.48 bits per heavy atom. The molecule has 2 unspecified atom stereocenters. The van der Waals surface area contributed by atoms with E-state index in [-0.39, 0.29) is 18.3 Å². The van der Waals surface area contributed by atoms with E-state index in [9.17, 15) is 9.18 Å². The number of rotatable bonds is 5. The van der Waals surface area contributed by atoms with Gasteiger partial charge in [-0.1, -0.05) is 0 Å². The highest BCUT2D eigenvalue weighted by atomic mass is 19.1. The monoisotopic (exact) mass is 370 g/mol. The fourth-order valence-corrected chi connectivity index (χ4v) is 2.86. The van der Waals surface area contributed by atoms with Crippen LogP contribution in [0.15, 0.2) is 49.1 Å². The molecule has 1 aliphatic heterocycles. The zero-order chi connectivity index (χ0) is 19.6. The molecule has 1 amide bonds. The Morgan fingerprint density at radius 3 is 2.89 bits per heavy atom. The SMILES string of the molecule is CC(C1CN(c2ccc(-n3ccc(C#N)c3)c(F)c2)C(=O)O1)N(N)/C=C\N. The summed E-state index contributed by atoms with van der Waals surface area (Å²) in [6, 6.07) is 7.70. The molecule has 0 bridgehead atoms. The number of hydrogen-bond acceptors (Lipinski definition) is 6. The summed E-state index contributed by atoms with van der Waals surface area (Å²) in [7, 11) is 0. The number of carbonyl (C=O) groups excluding carboxylic acids is 1. The van der Waals surface area contributed by atoms with Gasteiger partial charge < -0.3 is 20.0 Å². The molecule has 3 rings (SSSR count). The number of anilines is 1. The molecule has 140 valence electrons. The Kier molecular flexibility index (Phi) is 5.00. The van der Waals surface area contributed by atoms with Gasteiger partial charge in [-0.15, -0.1) is 0 Å². The van der Waals surface area contributed by atoms with E-state index in [4.69, 9.17) is 21.6 Å². The van der Waals surface area contributed by atoms with E-state index in [1.54, 1.807) is 31.3 Å². The molecular formula is C18H19FN6O2. The Hall–Kier alpha value is -3.51. The maximum Gasteiger partial charge on any atom is 0.414 e. The van der Waals surface area contributed by atoms with Crippen molar-refractivity contribution in [2.24, 2.45) is 11.6 Å². The lowest BCUT2D eigenvalue weighted by Gasteiger charge is -2.25. The number of amides is 1. The van der Waals surface area contributed by atoms with Gasteiger partial charge in [0.1, 0.15) is 18.0 Å². The molecule has 0 saturated carbocycles. The van der Waals surface area contributed by atoms with Crippen LogP contribution in [0, 0.1) is 17.1 Å². The zero-order valence-corrected chi connectivity index (χ0v) is 14.6. The summed E-state index contributed by atoms with van der Waals surface area (Å²) in [4.78, 5) is 13.6. The van der Waals surface area contributed by atoms with Crippen LogP contribution < -0.4 is 16.5 Å². The normalized spacial score (nSPS) is 17.8. The van der Waals surface area contributed by atoms with E-state index in [0.29, 0.717) is 11.3 Å². The Labute approximate surface area is 155 Å². The van der Waals surface area contributed by atoms with Crippen LogP contribution in [-0.2, 0) is 4.74 Å². The zero-order valence-electron chi connectivity index (χ0n) is 14.6. The average molecular weight is 370 g/mol. The van der Waals surface area contributed by atoms with Crippen molar-refractivity contribution in [1.82, 2.24) is 9.58 Å². The van der Waals surface area contributed by atoms with Crippen molar-refractivity contribution >= 4 is 11.8 Å². The van der Waals surface area contributed by atoms with Gasteiger partial charge in [-0.2, -0.15) is 5.26 Å². The van der Waals surface area contributed by atoms with E-state index in [0.717, 1.165) is 0 Å². The standard InChI is InChI=1S/C18H19FN6O2/c1-12(25(22)7-5-20)17-11-24(18(26)27-17)14-2-3-16(15(19)8-14)23-6-4-13(9-21)10-23/h2-8,10,12,17H,11,20,22H2,1H3/b7-5-. The fourth-order valence-electron chi connectivity index (χ4n) is 2.86. The van der Waals surface area contributed by atoms with Gasteiger partial charge in [0.15, 0.2) is 0 Å². The van der Waals surface area contributed by atoms with Crippen LogP contribution >= 0.6 is 0 Å². The molecule has 0 spiro atoms. The number of benzene rings is 1. The van der Waals surface area contributed by atoms with Crippen molar-refractivity contribution in [3.63, 3.8) is 0 Å². The van der Waals surface area contributed by atoms with Crippen LogP contribution in [0.4, 0.5) is 14.9 Å². The van der Waals surface area contributed by atoms with Crippen molar-refractivity contribution in [1.29, 1.82) is 5.26 Å². The van der Waals surface area contributed by atoms with Gasteiger partial charge in [-0.3, -0.25) is 4.90 Å². The molecule has 9 heteroatoms. The van der Waals surface area contributed by atoms with Crippen molar-refractivity contribution in [2.45, 2.75) is 19.1 Å². The van der Waals surface area contributed by atoms with Crippen molar-refractivity contribution < 1.29 is 13.9 Å². The second-order valence-electron chi connectivity index (χ2n) is 6.12. The molecule has 1 aromatic carbocycles. The largest absolute Gasteiger partial charge is 0.442 e. The third-order valence-corrected chi connectivity index (χ3v) is 4.44. The molecular weight excluding hydrogens is 351 g/mol. The van der Waals surface area contributed by atoms with Gasteiger partial charge in [0.25, 0.3) is 0 Å². The van der Waals surface area contributed by atoms with Gasteiger partial charge >= 0.3 is 6.09 Å². The van der Waals surface area contributed by atoms with Gasteiger partial charge in [0, 0.05) is 24.8 Å². The maximum atomic E-state index is 14.6. The molecule has 1 aliphatic rings. The molecule has 8 nitrogen and oxygen atoms in total. The highest BCUT2D eigenvalue weighted by Gasteiger charge is 2.37. The quantitative estimate of drug-likeness (QED) is 0.613. The number of nitrogens with zero attached hydrogens (tertiary/aromatic N) is 4. The van der Waals surface area contributed by atoms with Gasteiger partial charge in [0.2, 0.25) is 0 Å². The van der Waals surface area contributed by atoms with Crippen LogP contribution in [0.3, 0.4) is 0 Å². The summed E-state index contributed by atoms with van der Waals surface area (Å²) in [5.74, 6) is 5.31. The van der Waals surface area contributed by atoms with Crippen molar-refractivity contribution in [3.8, 4) is 11.8 Å². The first-order valence-electron chi connectivity index (χ1n) is 8.22. The van der Waals surface area contributed by atoms with Gasteiger partial charge in [0.05, 0.1) is 29.5 Å². The topological polar surface area (TPSA) is 114 Å². The highest BCUT2D eigenvalue weighted by Crippen LogP contribution is 2.27. The predicted octanol–water partition coefficient (Wildman–Crippen LogP) is 1.81. The van der Waals surface area contributed by atoms with Crippen molar-refractivity contribution in [3.05, 3.63) is 60.4 Å². The average Bonchev–Trinajstić information content (AvgIpc) is 3.27. The molecule has 0 aliphatic carbocycles. The van der Waals surface area contributed by atoms with Gasteiger partial charge in [-0.25, -0.2) is 15.0 Å². The Morgan fingerprint density at radius 2 is 2.26 bits per heavy atom. The molecule has 1 saturated heterocycles. The minimum absolute atomic E-state index is 0.229. The summed E-state index contributed by atoms with van der Waals surface area (Å²) in [5.41, 5.74) is 6.40. The van der Waals surface area contributed by atoms with Crippen LogP contribution in [0.2, 0.25) is 0 Å². The number of carbonyl (C=O) groups is 1. The van der Waals surface area contributed by atoms with Crippen molar-refractivity contribution in [2.75, 3.05) is 11.4 Å². The van der Waals surface area contributed by atoms with Crippen LogP contribution in [0.25, 0.3) is 5.69 Å². The Balaban J connectivity index is 1.80. The molecule has 0 radical (unpaired) electrons. The summed E-state index contributed by atoms with van der Waals surface area (Å²) in [5, 5.41) is 10.2. The Bertz CT molecular complexity index is 919. The van der Waals surface area contributed by atoms with Gasteiger partial charge in [-0.05, 0) is 31.2 Å². The molecule has 1 aromatic heterocycles. The van der Waals surface area contributed by atoms with Crippen LogP contribution in [0.5, 0.6) is 0 Å². The molecule has 2 aromatic rings. The number of nitrogens with two attached hydrogens (primary N) is 2. The second-order valence-corrected chi connectivity index (χ2v) is 6.12. The van der Waals surface area contributed by atoms with E-state index < -0.39 is 18.0 Å². The predicted molar refractivity (Wildman–Crippen MR) is 96.9 cm³/mol. The van der Waals surface area contributed by atoms with E-state index in [2.05, 4.69) is 0 Å². The van der Waals surface area contributed by atoms with Crippen LogP contribution in [-0.4, -0.2) is 34.4 Å². The molecule has 4 N–H and O–H groups in total. The van der Waals surface area contributed by atoms with E-state index in [1.165, 1.54) is 39.1 Å². The first-order chi connectivity index (χ1) is 12.9. The fraction of sp³-hybridized carbons (Fsp3) is 0.222. The summed E-state index contributed by atoms with van der Waals surface area (Å²) in [6.07, 6.45) is 4.82. The first kappa shape index (κ1) is 18.3. The number of halogens is 1. The number of cyclic esters (lactones) is 1. The molecule has 1 fully saturated rings. The summed E-state index contributed by atoms with van der Waals surface area (Å²) >= 11 is 0. The minimum atomic E-state index is -0.572. The third-order valence-electron chi connectivity index (χ3n) is 4.44. The highest BCUT2D eigenvalue weighted by molar-refractivity contribution is 5.90. The maximum absolute atomic E-state index is 14.6. The number of aromatic nitrogens is 1. The molecule has 2 heterocycles. The van der Waals surface area contributed by atoms with Crippen LogP contribution in [0.1, 0.15) is 12.5 Å². The summed E-state index contributed by atoms with van der Waals surface area (Å²) in [6.45, 7) is 2.02. The number of hydrazine groups is 1. The number of ether oxygens (including phenoxy) is 1. The summed E-state index contributed by atoms with van der Waals surface area (Å²) < 4.78 is 21.4. The minimum Gasteiger partial charge on any atom is -0.442 e. The van der Waals surface area contributed by atoms with E-state index in [1.807, 2.05) is 6.07 Å².